The first kappa shape index (κ1) is 22.8. The van der Waals surface area contributed by atoms with Crippen molar-refractivity contribution in [3.63, 3.8) is 0 Å². The van der Waals surface area contributed by atoms with Crippen molar-refractivity contribution in [2.75, 3.05) is 26.5 Å². The molecule has 1 unspecified atom stereocenters. The topological polar surface area (TPSA) is 76.5 Å². The van der Waals surface area contributed by atoms with E-state index in [1.54, 1.807) is 41.0 Å². The predicted molar refractivity (Wildman–Crippen MR) is 129 cm³/mol. The van der Waals surface area contributed by atoms with E-state index in [4.69, 9.17) is 21.3 Å². The van der Waals surface area contributed by atoms with Gasteiger partial charge in [-0.15, -0.1) is 11.3 Å². The van der Waals surface area contributed by atoms with E-state index in [-0.39, 0.29) is 11.5 Å². The number of benzene rings is 1. The quantitative estimate of drug-likeness (QED) is 0.577. The Morgan fingerprint density at radius 3 is 2.78 bits per heavy atom. The van der Waals surface area contributed by atoms with Crippen LogP contribution in [0.4, 0.5) is 5.69 Å². The van der Waals surface area contributed by atoms with E-state index in [0.717, 1.165) is 36.1 Å². The van der Waals surface area contributed by atoms with Gasteiger partial charge >= 0.3 is 0 Å². The van der Waals surface area contributed by atoms with Crippen molar-refractivity contribution in [2.45, 2.75) is 45.2 Å². The fourth-order valence-electron chi connectivity index (χ4n) is 4.16. The van der Waals surface area contributed by atoms with Gasteiger partial charge in [-0.25, -0.2) is 4.98 Å². The molecule has 32 heavy (non-hydrogen) atoms. The Morgan fingerprint density at radius 1 is 1.34 bits per heavy atom. The summed E-state index contributed by atoms with van der Waals surface area (Å²) in [4.78, 5) is 35.7. The van der Waals surface area contributed by atoms with Gasteiger partial charge < -0.3 is 15.0 Å². The number of carbonyl (C=O) groups is 1. The van der Waals surface area contributed by atoms with Crippen LogP contribution in [0, 0.1) is 0 Å². The van der Waals surface area contributed by atoms with Crippen molar-refractivity contribution >= 4 is 44.7 Å². The Kier molecular flexibility index (Phi) is 6.55. The van der Waals surface area contributed by atoms with Crippen molar-refractivity contribution in [2.24, 2.45) is 0 Å². The van der Waals surface area contributed by atoms with E-state index in [1.807, 2.05) is 19.0 Å². The Labute approximate surface area is 196 Å². The van der Waals surface area contributed by atoms with Crippen LogP contribution < -0.4 is 15.6 Å². The summed E-state index contributed by atoms with van der Waals surface area (Å²) in [7, 11) is 5.38. The standard InChI is InChI=1S/C23H27ClN4O3S/c1-13(21(29)25-14-9-10-17(31-4)16(24)11-14)28-19(12-27(2)3)26-22-20(23(28)30)15-7-5-6-8-18(15)32-22/h9-11,13H,5-8,12H2,1-4H3,(H,25,29). The maximum Gasteiger partial charge on any atom is 0.263 e. The molecule has 1 atom stereocenters. The van der Waals surface area contributed by atoms with Crippen LogP contribution in [0.5, 0.6) is 5.75 Å². The summed E-state index contributed by atoms with van der Waals surface area (Å²) in [6.07, 6.45) is 4.10. The zero-order valence-corrected chi connectivity index (χ0v) is 20.3. The lowest BCUT2D eigenvalue weighted by Crippen LogP contribution is -2.36. The number of hydrogen-bond donors (Lipinski definition) is 1. The molecule has 1 aliphatic rings. The average Bonchev–Trinajstić information content (AvgIpc) is 3.11. The molecule has 2 heterocycles. The third kappa shape index (κ3) is 4.27. The van der Waals surface area contributed by atoms with Crippen molar-refractivity contribution in [1.82, 2.24) is 14.5 Å². The number of anilines is 1. The molecule has 0 radical (unpaired) electrons. The Morgan fingerprint density at radius 2 is 2.09 bits per heavy atom. The molecule has 0 saturated heterocycles. The van der Waals surface area contributed by atoms with Gasteiger partial charge in [-0.1, -0.05) is 11.6 Å². The molecule has 1 aliphatic carbocycles. The Bertz CT molecular complexity index is 1230. The first-order valence-electron chi connectivity index (χ1n) is 10.6. The van der Waals surface area contributed by atoms with E-state index in [1.165, 1.54) is 12.0 Å². The summed E-state index contributed by atoms with van der Waals surface area (Å²) >= 11 is 7.81. The molecule has 0 spiro atoms. The second-order valence-corrected chi connectivity index (χ2v) is 9.84. The second kappa shape index (κ2) is 9.21. The number of thiophene rings is 1. The zero-order chi connectivity index (χ0) is 23.0. The van der Waals surface area contributed by atoms with Crippen LogP contribution in [0.1, 0.15) is 42.1 Å². The smallest absolute Gasteiger partial charge is 0.263 e. The Balaban J connectivity index is 1.75. The minimum Gasteiger partial charge on any atom is -0.495 e. The summed E-state index contributed by atoms with van der Waals surface area (Å²) in [6, 6.07) is 4.30. The molecular formula is C23H27ClN4O3S. The molecule has 0 aliphatic heterocycles. The molecule has 1 amide bonds. The molecule has 0 bridgehead atoms. The maximum absolute atomic E-state index is 13.7. The highest BCUT2D eigenvalue weighted by molar-refractivity contribution is 7.18. The highest BCUT2D eigenvalue weighted by Crippen LogP contribution is 2.34. The predicted octanol–water partition coefficient (Wildman–Crippen LogP) is 4.26. The number of aromatic nitrogens is 2. The molecule has 1 aromatic carbocycles. The maximum atomic E-state index is 13.7. The molecule has 1 N–H and O–H groups in total. The molecule has 7 nitrogen and oxygen atoms in total. The number of hydrogen-bond acceptors (Lipinski definition) is 6. The molecule has 170 valence electrons. The number of carbonyl (C=O) groups excluding carboxylic acids is 1. The second-order valence-electron chi connectivity index (χ2n) is 8.35. The summed E-state index contributed by atoms with van der Waals surface area (Å²) < 4.78 is 6.71. The van der Waals surface area contributed by atoms with Crippen molar-refractivity contribution < 1.29 is 9.53 Å². The van der Waals surface area contributed by atoms with Gasteiger partial charge in [0, 0.05) is 10.6 Å². The Hall–Kier alpha value is -2.42. The fraction of sp³-hybridized carbons (Fsp3) is 0.435. The van der Waals surface area contributed by atoms with Crippen LogP contribution >= 0.6 is 22.9 Å². The van der Waals surface area contributed by atoms with Crippen LogP contribution in [-0.4, -0.2) is 41.6 Å². The summed E-state index contributed by atoms with van der Waals surface area (Å²) in [5.41, 5.74) is 1.52. The monoisotopic (exact) mass is 474 g/mol. The third-order valence-electron chi connectivity index (χ3n) is 5.74. The van der Waals surface area contributed by atoms with E-state index in [9.17, 15) is 9.59 Å². The number of halogens is 1. The van der Waals surface area contributed by atoms with Crippen molar-refractivity contribution in [1.29, 1.82) is 0 Å². The minimum absolute atomic E-state index is 0.137. The SMILES string of the molecule is COc1ccc(NC(=O)C(C)n2c(CN(C)C)nc3sc4c(c3c2=O)CCCC4)cc1Cl. The lowest BCUT2D eigenvalue weighted by Gasteiger charge is -2.21. The van der Waals surface area contributed by atoms with Gasteiger partial charge in [-0.2, -0.15) is 0 Å². The largest absolute Gasteiger partial charge is 0.495 e. The number of methoxy groups -OCH3 is 1. The van der Waals surface area contributed by atoms with Gasteiger partial charge in [0.1, 0.15) is 22.4 Å². The van der Waals surface area contributed by atoms with Crippen LogP contribution in [0.25, 0.3) is 10.2 Å². The average molecular weight is 475 g/mol. The minimum atomic E-state index is -0.741. The third-order valence-corrected chi connectivity index (χ3v) is 7.22. The number of amides is 1. The number of fused-ring (bicyclic) bond motifs is 3. The molecule has 3 aromatic rings. The number of ether oxygens (including phenoxy) is 1. The first-order chi connectivity index (χ1) is 15.3. The molecule has 0 fully saturated rings. The molecule has 0 saturated carbocycles. The summed E-state index contributed by atoms with van der Waals surface area (Å²) in [6.45, 7) is 2.19. The summed E-state index contributed by atoms with van der Waals surface area (Å²) in [5.74, 6) is 0.805. The normalized spacial score (nSPS) is 14.4. The van der Waals surface area contributed by atoms with Gasteiger partial charge in [0.25, 0.3) is 5.56 Å². The number of nitrogens with one attached hydrogen (secondary N) is 1. The van der Waals surface area contributed by atoms with Crippen LogP contribution in [0.3, 0.4) is 0 Å². The van der Waals surface area contributed by atoms with Crippen LogP contribution in [0.15, 0.2) is 23.0 Å². The number of rotatable bonds is 6. The summed E-state index contributed by atoms with van der Waals surface area (Å²) in [5, 5.41) is 3.95. The van der Waals surface area contributed by atoms with E-state index >= 15 is 0 Å². The number of nitrogens with zero attached hydrogens (tertiary/aromatic N) is 3. The van der Waals surface area contributed by atoms with Gasteiger partial charge in [0.05, 0.1) is 24.1 Å². The van der Waals surface area contributed by atoms with Crippen molar-refractivity contribution in [3.05, 3.63) is 49.8 Å². The zero-order valence-electron chi connectivity index (χ0n) is 18.7. The molecule has 2 aromatic heterocycles. The van der Waals surface area contributed by atoms with E-state index in [0.29, 0.717) is 34.2 Å². The fourth-order valence-corrected chi connectivity index (χ4v) is 5.69. The lowest BCUT2D eigenvalue weighted by atomic mass is 9.97. The van der Waals surface area contributed by atoms with E-state index in [2.05, 4.69) is 5.32 Å². The lowest BCUT2D eigenvalue weighted by molar-refractivity contribution is -0.119. The van der Waals surface area contributed by atoms with Gasteiger partial charge in [-0.05, 0) is 70.5 Å². The van der Waals surface area contributed by atoms with Crippen LogP contribution in [-0.2, 0) is 24.2 Å². The molecular weight excluding hydrogens is 448 g/mol. The highest BCUT2D eigenvalue weighted by atomic mass is 35.5. The van der Waals surface area contributed by atoms with Crippen LogP contribution in [0.2, 0.25) is 5.02 Å². The highest BCUT2D eigenvalue weighted by Gasteiger charge is 2.26. The molecule has 4 rings (SSSR count). The van der Waals surface area contributed by atoms with Gasteiger partial charge in [0.2, 0.25) is 5.91 Å². The number of aryl methyl sites for hydroxylation is 2. The van der Waals surface area contributed by atoms with E-state index < -0.39 is 6.04 Å². The first-order valence-corrected chi connectivity index (χ1v) is 11.8. The van der Waals surface area contributed by atoms with Crippen molar-refractivity contribution in [3.8, 4) is 5.75 Å². The molecule has 9 heteroatoms. The van der Waals surface area contributed by atoms with Gasteiger partial charge in [-0.3, -0.25) is 14.2 Å². The van der Waals surface area contributed by atoms with Gasteiger partial charge in [0.15, 0.2) is 0 Å².